The highest BCUT2D eigenvalue weighted by molar-refractivity contribution is 5.96. The fourth-order valence-electron chi connectivity index (χ4n) is 3.27. The molecule has 3 heterocycles. The zero-order valence-electron chi connectivity index (χ0n) is 14.5. The number of nitrogens with zero attached hydrogens (tertiary/aromatic N) is 1. The minimum absolute atomic E-state index is 0.0560. The number of furan rings is 1. The van der Waals surface area contributed by atoms with Gasteiger partial charge in [-0.05, 0) is 36.3 Å². The van der Waals surface area contributed by atoms with Crippen molar-refractivity contribution in [2.75, 3.05) is 19.6 Å². The quantitative estimate of drug-likeness (QED) is 0.744. The van der Waals surface area contributed by atoms with Crippen molar-refractivity contribution in [3.05, 3.63) is 66.0 Å². The molecule has 0 radical (unpaired) electrons. The zero-order valence-corrected chi connectivity index (χ0v) is 14.5. The lowest BCUT2D eigenvalue weighted by Gasteiger charge is -2.26. The van der Waals surface area contributed by atoms with Gasteiger partial charge < -0.3 is 19.6 Å². The first kappa shape index (κ1) is 17.1. The number of hydrogen-bond donors (Lipinski definition) is 2. The predicted molar refractivity (Wildman–Crippen MR) is 98.5 cm³/mol. The van der Waals surface area contributed by atoms with E-state index < -0.39 is 0 Å². The molecule has 6 nitrogen and oxygen atoms in total. The molecule has 0 fully saturated rings. The van der Waals surface area contributed by atoms with Crippen LogP contribution in [0.1, 0.15) is 22.3 Å². The zero-order chi connectivity index (χ0) is 18.8. The fraction of sp³-hybridized carbons (Fsp3) is 0.200. The molecule has 1 aliphatic heterocycles. The summed E-state index contributed by atoms with van der Waals surface area (Å²) in [7, 11) is 0. The van der Waals surface area contributed by atoms with Gasteiger partial charge in [0.05, 0.1) is 18.4 Å². The molecular formula is C20H18FN3O3. The van der Waals surface area contributed by atoms with E-state index in [-0.39, 0.29) is 24.2 Å². The normalized spacial score (nSPS) is 14.3. The van der Waals surface area contributed by atoms with Gasteiger partial charge in [-0.2, -0.15) is 0 Å². The first-order chi connectivity index (χ1) is 13.1. The summed E-state index contributed by atoms with van der Waals surface area (Å²) in [5, 5.41) is 3.57. The van der Waals surface area contributed by atoms with Crippen molar-refractivity contribution in [3.63, 3.8) is 0 Å². The number of rotatable bonds is 4. The van der Waals surface area contributed by atoms with Crippen molar-refractivity contribution in [1.82, 2.24) is 15.2 Å². The third kappa shape index (κ3) is 3.48. The van der Waals surface area contributed by atoms with E-state index in [4.69, 9.17) is 4.42 Å². The molecule has 2 N–H and O–H groups in total. The average Bonchev–Trinajstić information content (AvgIpc) is 3.35. The summed E-state index contributed by atoms with van der Waals surface area (Å²) in [6, 6.07) is 6.23. The van der Waals surface area contributed by atoms with Gasteiger partial charge in [0, 0.05) is 35.8 Å². The summed E-state index contributed by atoms with van der Waals surface area (Å²) in [5.41, 5.74) is 3.30. The van der Waals surface area contributed by atoms with Crippen LogP contribution in [0.5, 0.6) is 0 Å². The third-order valence-corrected chi connectivity index (χ3v) is 4.74. The topological polar surface area (TPSA) is 78.3 Å². The van der Waals surface area contributed by atoms with Gasteiger partial charge in [0.15, 0.2) is 0 Å². The molecule has 3 aromatic rings. The van der Waals surface area contributed by atoms with Crippen LogP contribution in [-0.4, -0.2) is 41.3 Å². The largest absolute Gasteiger partial charge is 0.472 e. The van der Waals surface area contributed by atoms with Crippen LogP contribution in [-0.2, 0) is 4.79 Å². The maximum absolute atomic E-state index is 13.3. The van der Waals surface area contributed by atoms with Crippen LogP contribution in [0, 0.1) is 5.82 Å². The van der Waals surface area contributed by atoms with Crippen LogP contribution in [0.25, 0.3) is 16.5 Å². The molecule has 138 valence electrons. The van der Waals surface area contributed by atoms with E-state index in [9.17, 15) is 14.0 Å². The van der Waals surface area contributed by atoms with Crippen LogP contribution in [0.15, 0.2) is 53.5 Å². The maximum Gasteiger partial charge on any atom is 0.254 e. The molecule has 0 atom stereocenters. The summed E-state index contributed by atoms with van der Waals surface area (Å²) in [6.07, 6.45) is 7.32. The van der Waals surface area contributed by atoms with Crippen molar-refractivity contribution >= 4 is 28.3 Å². The molecule has 0 unspecified atom stereocenters. The van der Waals surface area contributed by atoms with E-state index in [0.717, 1.165) is 22.0 Å². The smallest absolute Gasteiger partial charge is 0.254 e. The first-order valence-corrected chi connectivity index (χ1v) is 8.66. The Balaban J connectivity index is 1.39. The van der Waals surface area contributed by atoms with Crippen molar-refractivity contribution < 1.29 is 18.4 Å². The minimum Gasteiger partial charge on any atom is -0.472 e. The number of halogens is 1. The van der Waals surface area contributed by atoms with Crippen LogP contribution >= 0.6 is 0 Å². The summed E-state index contributed by atoms with van der Waals surface area (Å²) >= 11 is 0. The fourth-order valence-corrected chi connectivity index (χ4v) is 3.27. The number of nitrogens with one attached hydrogen (secondary N) is 2. The van der Waals surface area contributed by atoms with E-state index in [1.54, 1.807) is 17.0 Å². The van der Waals surface area contributed by atoms with Gasteiger partial charge in [0.1, 0.15) is 12.1 Å². The number of hydrogen-bond acceptors (Lipinski definition) is 3. The Hall–Kier alpha value is -3.35. The highest BCUT2D eigenvalue weighted by Crippen LogP contribution is 2.29. The molecule has 4 rings (SSSR count). The minimum atomic E-state index is -0.337. The van der Waals surface area contributed by atoms with Gasteiger partial charge in [-0.15, -0.1) is 0 Å². The van der Waals surface area contributed by atoms with E-state index >= 15 is 0 Å². The molecule has 0 bridgehead atoms. The number of H-pyrrole nitrogens is 1. The SMILES string of the molecule is O=C(NCC(=O)N1CC=C(c2c[nH]c3cc(F)ccc23)CC1)c1ccoc1. The molecule has 7 heteroatoms. The van der Waals surface area contributed by atoms with Gasteiger partial charge >= 0.3 is 0 Å². The third-order valence-electron chi connectivity index (χ3n) is 4.74. The highest BCUT2D eigenvalue weighted by Gasteiger charge is 2.20. The Morgan fingerprint density at radius 2 is 2.19 bits per heavy atom. The standard InChI is InChI=1S/C20H18FN3O3/c21-15-1-2-16-17(10-22-18(16)9-15)13-3-6-24(7-4-13)19(25)11-23-20(26)14-5-8-27-12-14/h1-3,5,8-10,12,22H,4,6-7,11H2,(H,23,26). The van der Waals surface area contributed by atoms with E-state index in [1.807, 2.05) is 12.3 Å². The number of fused-ring (bicyclic) bond motifs is 1. The average molecular weight is 367 g/mol. The van der Waals surface area contributed by atoms with Crippen molar-refractivity contribution in [2.45, 2.75) is 6.42 Å². The molecular weight excluding hydrogens is 349 g/mol. The van der Waals surface area contributed by atoms with Crippen LogP contribution in [0.4, 0.5) is 4.39 Å². The van der Waals surface area contributed by atoms with Crippen molar-refractivity contribution in [1.29, 1.82) is 0 Å². The van der Waals surface area contributed by atoms with Crippen LogP contribution in [0.2, 0.25) is 0 Å². The first-order valence-electron chi connectivity index (χ1n) is 8.66. The number of aromatic amines is 1. The predicted octanol–water partition coefficient (Wildman–Crippen LogP) is 2.95. The second kappa shape index (κ2) is 7.11. The Morgan fingerprint density at radius 1 is 1.30 bits per heavy atom. The van der Waals surface area contributed by atoms with Crippen LogP contribution in [0.3, 0.4) is 0 Å². The molecule has 0 aliphatic carbocycles. The lowest BCUT2D eigenvalue weighted by Crippen LogP contribution is -2.42. The highest BCUT2D eigenvalue weighted by atomic mass is 19.1. The lowest BCUT2D eigenvalue weighted by molar-refractivity contribution is -0.129. The lowest BCUT2D eigenvalue weighted by atomic mass is 9.99. The van der Waals surface area contributed by atoms with Crippen LogP contribution < -0.4 is 5.32 Å². The number of benzene rings is 1. The molecule has 1 aliphatic rings. The van der Waals surface area contributed by atoms with Gasteiger partial charge in [0.2, 0.25) is 5.91 Å². The van der Waals surface area contributed by atoms with E-state index in [1.165, 1.54) is 24.7 Å². The number of amides is 2. The Bertz CT molecular complexity index is 1020. The van der Waals surface area contributed by atoms with Gasteiger partial charge in [-0.3, -0.25) is 9.59 Å². The molecule has 2 amide bonds. The Kier molecular flexibility index (Phi) is 4.50. The molecule has 0 saturated carbocycles. The summed E-state index contributed by atoms with van der Waals surface area (Å²) in [4.78, 5) is 29.0. The molecule has 1 aromatic carbocycles. The van der Waals surface area contributed by atoms with Crippen molar-refractivity contribution in [2.24, 2.45) is 0 Å². The number of carbonyl (C=O) groups is 2. The maximum atomic E-state index is 13.3. The second-order valence-corrected chi connectivity index (χ2v) is 6.41. The molecule has 27 heavy (non-hydrogen) atoms. The molecule has 2 aromatic heterocycles. The second-order valence-electron chi connectivity index (χ2n) is 6.41. The van der Waals surface area contributed by atoms with E-state index in [0.29, 0.717) is 25.1 Å². The summed E-state index contributed by atoms with van der Waals surface area (Å²) in [5.74, 6) is -0.748. The Morgan fingerprint density at radius 3 is 2.93 bits per heavy atom. The monoisotopic (exact) mass is 367 g/mol. The summed E-state index contributed by atoms with van der Waals surface area (Å²) in [6.45, 7) is 0.989. The van der Waals surface area contributed by atoms with Crippen molar-refractivity contribution in [3.8, 4) is 0 Å². The summed E-state index contributed by atoms with van der Waals surface area (Å²) < 4.78 is 18.2. The van der Waals surface area contributed by atoms with Gasteiger partial charge in [-0.25, -0.2) is 4.39 Å². The van der Waals surface area contributed by atoms with Gasteiger partial charge in [0.25, 0.3) is 5.91 Å². The van der Waals surface area contributed by atoms with E-state index in [2.05, 4.69) is 10.3 Å². The number of carbonyl (C=O) groups excluding carboxylic acids is 2. The molecule has 0 spiro atoms. The number of aromatic nitrogens is 1. The Labute approximate surface area is 154 Å². The molecule has 0 saturated heterocycles. The van der Waals surface area contributed by atoms with Gasteiger partial charge in [-0.1, -0.05) is 6.08 Å².